The van der Waals surface area contributed by atoms with Gasteiger partial charge < -0.3 is 14.8 Å². The number of rotatable bonds is 6. The topological polar surface area (TPSA) is 60.5 Å². The van der Waals surface area contributed by atoms with Crippen molar-refractivity contribution in [3.63, 3.8) is 0 Å². The lowest BCUT2D eigenvalue weighted by atomic mass is 10.1. The van der Waals surface area contributed by atoms with Crippen molar-refractivity contribution >= 4 is 11.6 Å². The van der Waals surface area contributed by atoms with Crippen LogP contribution in [0.25, 0.3) is 0 Å². The summed E-state index contributed by atoms with van der Waals surface area (Å²) in [7, 11) is 1.46. The summed E-state index contributed by atoms with van der Waals surface area (Å²) < 4.78 is 50.4. The SMILES string of the molecule is COc1ccc(NC(=O)c2ccccc2C(F)(F)F)cc1OCc1ccncc1. The second-order valence-corrected chi connectivity index (χ2v) is 6.01. The number of carbonyl (C=O) groups is 1. The van der Waals surface area contributed by atoms with Crippen LogP contribution in [0.1, 0.15) is 21.5 Å². The Morgan fingerprint density at radius 1 is 1.03 bits per heavy atom. The molecule has 29 heavy (non-hydrogen) atoms. The molecule has 1 heterocycles. The zero-order valence-electron chi connectivity index (χ0n) is 15.4. The van der Waals surface area contributed by atoms with Gasteiger partial charge in [-0.3, -0.25) is 9.78 Å². The molecule has 0 fully saturated rings. The van der Waals surface area contributed by atoms with E-state index in [1.54, 1.807) is 30.6 Å². The fourth-order valence-electron chi connectivity index (χ4n) is 2.63. The zero-order valence-corrected chi connectivity index (χ0v) is 15.4. The number of carbonyl (C=O) groups excluding carboxylic acids is 1. The highest BCUT2D eigenvalue weighted by molar-refractivity contribution is 6.05. The van der Waals surface area contributed by atoms with Crippen LogP contribution in [0.15, 0.2) is 67.0 Å². The second kappa shape index (κ2) is 8.64. The number of hydrogen-bond acceptors (Lipinski definition) is 4. The van der Waals surface area contributed by atoms with Gasteiger partial charge in [0.05, 0.1) is 18.2 Å². The molecule has 0 saturated heterocycles. The van der Waals surface area contributed by atoms with Crippen molar-refractivity contribution in [1.82, 2.24) is 4.98 Å². The fourth-order valence-corrected chi connectivity index (χ4v) is 2.63. The molecule has 1 N–H and O–H groups in total. The smallest absolute Gasteiger partial charge is 0.417 e. The molecule has 0 aliphatic heterocycles. The van der Waals surface area contributed by atoms with Gasteiger partial charge in [0, 0.05) is 24.1 Å². The molecule has 8 heteroatoms. The van der Waals surface area contributed by atoms with Crippen LogP contribution in [0.4, 0.5) is 18.9 Å². The van der Waals surface area contributed by atoms with E-state index in [-0.39, 0.29) is 12.3 Å². The van der Waals surface area contributed by atoms with Crippen molar-refractivity contribution in [1.29, 1.82) is 0 Å². The maximum absolute atomic E-state index is 13.2. The van der Waals surface area contributed by atoms with Gasteiger partial charge in [-0.15, -0.1) is 0 Å². The first kappa shape index (κ1) is 20.2. The number of pyridine rings is 1. The van der Waals surface area contributed by atoms with E-state index in [1.807, 2.05) is 0 Å². The number of nitrogens with zero attached hydrogens (tertiary/aromatic N) is 1. The number of benzene rings is 2. The molecule has 0 bridgehead atoms. The Balaban J connectivity index is 1.80. The van der Waals surface area contributed by atoms with Crippen molar-refractivity contribution in [3.8, 4) is 11.5 Å². The minimum atomic E-state index is -4.63. The van der Waals surface area contributed by atoms with E-state index in [4.69, 9.17) is 9.47 Å². The third-order valence-corrected chi connectivity index (χ3v) is 4.04. The monoisotopic (exact) mass is 402 g/mol. The molecule has 0 aliphatic carbocycles. The summed E-state index contributed by atoms with van der Waals surface area (Å²) >= 11 is 0. The molecule has 0 saturated carbocycles. The van der Waals surface area contributed by atoms with Gasteiger partial charge in [-0.2, -0.15) is 13.2 Å². The van der Waals surface area contributed by atoms with E-state index in [1.165, 1.54) is 31.4 Å². The van der Waals surface area contributed by atoms with Gasteiger partial charge in [0.25, 0.3) is 5.91 Å². The molecule has 1 amide bonds. The number of anilines is 1. The molecule has 1 aromatic heterocycles. The summed E-state index contributed by atoms with van der Waals surface area (Å²) in [5, 5.41) is 2.48. The van der Waals surface area contributed by atoms with E-state index in [9.17, 15) is 18.0 Å². The fraction of sp³-hybridized carbons (Fsp3) is 0.143. The summed E-state index contributed by atoms with van der Waals surface area (Å²) in [6.07, 6.45) is -1.37. The predicted octanol–water partition coefficient (Wildman–Crippen LogP) is 4.94. The van der Waals surface area contributed by atoms with Crippen LogP contribution >= 0.6 is 0 Å². The Bertz CT molecular complexity index is 992. The van der Waals surface area contributed by atoms with Crippen molar-refractivity contribution < 1.29 is 27.4 Å². The molecule has 150 valence electrons. The summed E-state index contributed by atoms with van der Waals surface area (Å²) in [5.41, 5.74) is -0.316. The van der Waals surface area contributed by atoms with Crippen LogP contribution in [0.2, 0.25) is 0 Å². The van der Waals surface area contributed by atoms with Crippen LogP contribution in [0.5, 0.6) is 11.5 Å². The van der Waals surface area contributed by atoms with E-state index >= 15 is 0 Å². The van der Waals surface area contributed by atoms with Gasteiger partial charge in [-0.05, 0) is 42.0 Å². The number of alkyl halides is 3. The van der Waals surface area contributed by atoms with Crippen LogP contribution in [0.3, 0.4) is 0 Å². The lowest BCUT2D eigenvalue weighted by Crippen LogP contribution is -2.18. The van der Waals surface area contributed by atoms with Crippen molar-refractivity contribution in [2.45, 2.75) is 12.8 Å². The van der Waals surface area contributed by atoms with E-state index in [2.05, 4.69) is 10.3 Å². The Kier molecular flexibility index (Phi) is 6.01. The standard InChI is InChI=1S/C21H17F3N2O3/c1-28-18-7-6-15(12-19(18)29-13-14-8-10-25-11-9-14)26-20(27)16-4-2-3-5-17(16)21(22,23)24/h2-12H,13H2,1H3,(H,26,27). The first-order valence-electron chi connectivity index (χ1n) is 8.56. The molecule has 0 spiro atoms. The average molecular weight is 402 g/mol. The minimum Gasteiger partial charge on any atom is -0.493 e. The maximum Gasteiger partial charge on any atom is 0.417 e. The van der Waals surface area contributed by atoms with E-state index in [0.29, 0.717) is 11.5 Å². The van der Waals surface area contributed by atoms with Gasteiger partial charge >= 0.3 is 6.18 Å². The van der Waals surface area contributed by atoms with Gasteiger partial charge in [0.1, 0.15) is 6.61 Å². The highest BCUT2D eigenvalue weighted by Gasteiger charge is 2.34. The molecule has 5 nitrogen and oxygen atoms in total. The molecule has 3 rings (SSSR count). The maximum atomic E-state index is 13.2. The largest absolute Gasteiger partial charge is 0.493 e. The molecule has 0 radical (unpaired) electrons. The minimum absolute atomic E-state index is 0.229. The summed E-state index contributed by atoms with van der Waals surface area (Å²) in [4.78, 5) is 16.4. The van der Waals surface area contributed by atoms with E-state index in [0.717, 1.165) is 17.7 Å². The zero-order chi connectivity index (χ0) is 20.9. The quantitative estimate of drug-likeness (QED) is 0.635. The number of methoxy groups -OCH3 is 1. The average Bonchev–Trinajstić information content (AvgIpc) is 2.72. The number of aromatic nitrogens is 1. The normalized spacial score (nSPS) is 11.0. The van der Waals surface area contributed by atoms with E-state index < -0.39 is 23.2 Å². The molecule has 2 aromatic carbocycles. The molecular weight excluding hydrogens is 385 g/mol. The van der Waals surface area contributed by atoms with Crippen LogP contribution in [0, 0.1) is 0 Å². The lowest BCUT2D eigenvalue weighted by Gasteiger charge is -2.15. The van der Waals surface area contributed by atoms with Gasteiger partial charge in [0.15, 0.2) is 11.5 Å². The van der Waals surface area contributed by atoms with Crippen molar-refractivity contribution in [2.24, 2.45) is 0 Å². The molecule has 0 atom stereocenters. The van der Waals surface area contributed by atoms with Crippen LogP contribution in [-0.2, 0) is 12.8 Å². The third kappa shape index (κ3) is 5.04. The van der Waals surface area contributed by atoms with Crippen molar-refractivity contribution in [3.05, 3.63) is 83.7 Å². The third-order valence-electron chi connectivity index (χ3n) is 4.04. The highest BCUT2D eigenvalue weighted by atomic mass is 19.4. The van der Waals surface area contributed by atoms with Crippen molar-refractivity contribution in [2.75, 3.05) is 12.4 Å². The molecule has 3 aromatic rings. The molecular formula is C21H17F3N2O3. The lowest BCUT2D eigenvalue weighted by molar-refractivity contribution is -0.137. The Morgan fingerprint density at radius 3 is 2.45 bits per heavy atom. The van der Waals surface area contributed by atoms with Crippen LogP contribution < -0.4 is 14.8 Å². The summed E-state index contributed by atoms with van der Waals surface area (Å²) in [6, 6.07) is 12.8. The Labute approximate surface area is 165 Å². The van der Waals surface area contributed by atoms with Gasteiger partial charge in [-0.1, -0.05) is 12.1 Å². The summed E-state index contributed by atoms with van der Waals surface area (Å²) in [5.74, 6) is -0.109. The Hall–Kier alpha value is -3.55. The Morgan fingerprint density at radius 2 is 1.76 bits per heavy atom. The van der Waals surface area contributed by atoms with Crippen LogP contribution in [-0.4, -0.2) is 18.0 Å². The highest BCUT2D eigenvalue weighted by Crippen LogP contribution is 2.33. The number of halogens is 3. The molecule has 0 unspecified atom stereocenters. The second-order valence-electron chi connectivity index (χ2n) is 6.01. The molecule has 0 aliphatic rings. The van der Waals surface area contributed by atoms with Gasteiger partial charge in [0.2, 0.25) is 0 Å². The first-order chi connectivity index (χ1) is 13.9. The number of ether oxygens (including phenoxy) is 2. The predicted molar refractivity (Wildman–Crippen MR) is 101 cm³/mol. The number of nitrogens with one attached hydrogen (secondary N) is 1. The number of hydrogen-bond donors (Lipinski definition) is 1. The summed E-state index contributed by atoms with van der Waals surface area (Å²) in [6.45, 7) is 0.229. The number of amides is 1. The first-order valence-corrected chi connectivity index (χ1v) is 8.56. The van der Waals surface area contributed by atoms with Gasteiger partial charge in [-0.25, -0.2) is 0 Å².